The van der Waals surface area contributed by atoms with E-state index in [2.05, 4.69) is 6.58 Å². The number of fused-ring (bicyclic) bond motifs is 2. The van der Waals surface area contributed by atoms with Gasteiger partial charge in [0, 0.05) is 0 Å². The normalized spacial score (nSPS) is 48.6. The average molecular weight is 143 g/mol. The second-order valence-electron chi connectivity index (χ2n) is 3.25. The lowest BCUT2D eigenvalue weighted by Crippen LogP contribution is -2.11. The molecule has 0 heterocycles. The van der Waals surface area contributed by atoms with Gasteiger partial charge >= 0.3 is 0 Å². The summed E-state index contributed by atoms with van der Waals surface area (Å²) in [4.78, 5) is 0. The van der Waals surface area contributed by atoms with Crippen LogP contribution in [0, 0.1) is 11.8 Å². The first kappa shape index (κ1) is 5.79. The Hall–Kier alpha value is 0.0300. The molecule has 2 fully saturated rings. The molecule has 1 heteroatoms. The van der Waals surface area contributed by atoms with Gasteiger partial charge in [-0.05, 0) is 31.1 Å². The molecule has 0 nitrogen and oxygen atoms in total. The molecule has 0 aromatic carbocycles. The number of hydrogen-bond acceptors (Lipinski definition) is 0. The SMILES string of the molecule is C=C1C2CCC(C2)C1Cl. The summed E-state index contributed by atoms with van der Waals surface area (Å²) in [5.74, 6) is 1.57. The van der Waals surface area contributed by atoms with Crippen molar-refractivity contribution in [2.24, 2.45) is 11.8 Å². The first-order valence-corrected chi connectivity index (χ1v) is 4.05. The van der Waals surface area contributed by atoms with Crippen LogP contribution in [0.3, 0.4) is 0 Å². The molecule has 0 N–H and O–H groups in total. The molecule has 2 aliphatic rings. The second kappa shape index (κ2) is 1.76. The zero-order valence-electron chi connectivity index (χ0n) is 5.44. The predicted molar refractivity (Wildman–Crippen MR) is 39.6 cm³/mol. The highest BCUT2D eigenvalue weighted by atomic mass is 35.5. The standard InChI is InChI=1S/C8H11Cl/c1-5-6-2-3-7(4-6)8(5)9/h6-8H,1-4H2. The summed E-state index contributed by atoms with van der Waals surface area (Å²) in [5, 5.41) is 0.323. The van der Waals surface area contributed by atoms with Crippen LogP contribution < -0.4 is 0 Å². The highest BCUT2D eigenvalue weighted by molar-refractivity contribution is 6.22. The summed E-state index contributed by atoms with van der Waals surface area (Å²) in [6.07, 6.45) is 4.03. The molecule has 0 aromatic rings. The monoisotopic (exact) mass is 142 g/mol. The quantitative estimate of drug-likeness (QED) is 0.360. The van der Waals surface area contributed by atoms with Crippen LogP contribution in [0.5, 0.6) is 0 Å². The molecule has 2 rings (SSSR count). The Balaban J connectivity index is 2.25. The van der Waals surface area contributed by atoms with E-state index in [0.717, 1.165) is 11.8 Å². The average Bonchev–Trinajstić information content (AvgIpc) is 2.37. The van der Waals surface area contributed by atoms with E-state index in [-0.39, 0.29) is 0 Å². The number of alkyl halides is 1. The van der Waals surface area contributed by atoms with Gasteiger partial charge in [0.25, 0.3) is 0 Å². The molecule has 0 aliphatic heterocycles. The lowest BCUT2D eigenvalue weighted by molar-refractivity contribution is 0.569. The van der Waals surface area contributed by atoms with Gasteiger partial charge < -0.3 is 0 Å². The Bertz CT molecular complexity index is 147. The summed E-state index contributed by atoms with van der Waals surface area (Å²) in [5.41, 5.74) is 1.31. The highest BCUT2D eigenvalue weighted by Crippen LogP contribution is 2.49. The van der Waals surface area contributed by atoms with E-state index in [1.807, 2.05) is 0 Å². The molecule has 0 aromatic heterocycles. The zero-order chi connectivity index (χ0) is 6.43. The predicted octanol–water partition coefficient (Wildman–Crippen LogP) is 2.58. The first-order valence-electron chi connectivity index (χ1n) is 3.62. The molecular formula is C8H11Cl. The Kier molecular flexibility index (Phi) is 1.13. The van der Waals surface area contributed by atoms with Gasteiger partial charge in [0.1, 0.15) is 0 Å². The number of hydrogen-bond donors (Lipinski definition) is 0. The van der Waals surface area contributed by atoms with Gasteiger partial charge in [0.05, 0.1) is 5.38 Å². The largest absolute Gasteiger partial charge is 0.118 e. The smallest absolute Gasteiger partial charge is 0.0573 e. The number of halogens is 1. The Morgan fingerprint density at radius 1 is 1.44 bits per heavy atom. The van der Waals surface area contributed by atoms with Crippen molar-refractivity contribution < 1.29 is 0 Å². The molecule has 0 saturated heterocycles. The van der Waals surface area contributed by atoms with E-state index < -0.39 is 0 Å². The van der Waals surface area contributed by atoms with Crippen LogP contribution in [0.1, 0.15) is 19.3 Å². The van der Waals surface area contributed by atoms with Crippen LogP contribution in [-0.2, 0) is 0 Å². The molecule has 3 atom stereocenters. The number of allylic oxidation sites excluding steroid dienone is 1. The van der Waals surface area contributed by atoms with Crippen LogP contribution >= 0.6 is 11.6 Å². The summed E-state index contributed by atoms with van der Waals surface area (Å²) in [6.45, 7) is 3.99. The van der Waals surface area contributed by atoms with Gasteiger partial charge in [-0.15, -0.1) is 11.6 Å². The van der Waals surface area contributed by atoms with E-state index in [0.29, 0.717) is 5.38 Å². The molecule has 2 saturated carbocycles. The summed E-state index contributed by atoms with van der Waals surface area (Å²) < 4.78 is 0. The Morgan fingerprint density at radius 3 is 2.56 bits per heavy atom. The van der Waals surface area contributed by atoms with Crippen LogP contribution in [0.4, 0.5) is 0 Å². The van der Waals surface area contributed by atoms with Gasteiger partial charge in [-0.3, -0.25) is 0 Å². The van der Waals surface area contributed by atoms with Crippen LogP contribution in [0.2, 0.25) is 0 Å². The van der Waals surface area contributed by atoms with Gasteiger partial charge in [0.15, 0.2) is 0 Å². The Morgan fingerprint density at radius 2 is 2.22 bits per heavy atom. The van der Waals surface area contributed by atoms with Crippen molar-refractivity contribution in [1.29, 1.82) is 0 Å². The molecule has 0 radical (unpaired) electrons. The van der Waals surface area contributed by atoms with E-state index in [9.17, 15) is 0 Å². The van der Waals surface area contributed by atoms with E-state index >= 15 is 0 Å². The molecular weight excluding hydrogens is 132 g/mol. The van der Waals surface area contributed by atoms with Gasteiger partial charge in [0.2, 0.25) is 0 Å². The maximum Gasteiger partial charge on any atom is 0.0573 e. The topological polar surface area (TPSA) is 0 Å². The maximum atomic E-state index is 6.06. The van der Waals surface area contributed by atoms with Crippen LogP contribution in [0.25, 0.3) is 0 Å². The zero-order valence-corrected chi connectivity index (χ0v) is 6.19. The van der Waals surface area contributed by atoms with Crippen molar-refractivity contribution >= 4 is 11.6 Å². The van der Waals surface area contributed by atoms with Gasteiger partial charge in [-0.1, -0.05) is 12.2 Å². The summed E-state index contributed by atoms with van der Waals surface area (Å²) in [6, 6.07) is 0. The minimum Gasteiger partial charge on any atom is -0.118 e. The molecule has 2 bridgehead atoms. The third-order valence-corrected chi connectivity index (χ3v) is 3.40. The fourth-order valence-corrected chi connectivity index (χ4v) is 2.55. The van der Waals surface area contributed by atoms with Crippen molar-refractivity contribution in [3.63, 3.8) is 0 Å². The van der Waals surface area contributed by atoms with E-state index in [1.165, 1.54) is 24.8 Å². The van der Waals surface area contributed by atoms with Crippen molar-refractivity contribution in [2.45, 2.75) is 24.6 Å². The lowest BCUT2D eigenvalue weighted by atomic mass is 9.96. The molecule has 2 aliphatic carbocycles. The lowest BCUT2D eigenvalue weighted by Gasteiger charge is -2.16. The summed E-state index contributed by atoms with van der Waals surface area (Å²) in [7, 11) is 0. The van der Waals surface area contributed by atoms with Gasteiger partial charge in [-0.2, -0.15) is 0 Å². The molecule has 0 spiro atoms. The maximum absolute atomic E-state index is 6.06. The summed E-state index contributed by atoms with van der Waals surface area (Å²) >= 11 is 6.06. The molecule has 9 heavy (non-hydrogen) atoms. The fourth-order valence-electron chi connectivity index (χ4n) is 2.15. The third-order valence-electron chi connectivity index (χ3n) is 2.77. The van der Waals surface area contributed by atoms with Crippen LogP contribution in [-0.4, -0.2) is 5.38 Å². The number of rotatable bonds is 0. The highest BCUT2D eigenvalue weighted by Gasteiger charge is 2.41. The minimum absolute atomic E-state index is 0.323. The Labute approximate surface area is 60.9 Å². The first-order chi connectivity index (χ1) is 4.29. The molecule has 3 unspecified atom stereocenters. The second-order valence-corrected chi connectivity index (χ2v) is 3.72. The van der Waals surface area contributed by atoms with E-state index in [1.54, 1.807) is 0 Å². The van der Waals surface area contributed by atoms with Crippen molar-refractivity contribution in [3.05, 3.63) is 12.2 Å². The third kappa shape index (κ3) is 0.660. The van der Waals surface area contributed by atoms with Crippen molar-refractivity contribution in [1.82, 2.24) is 0 Å². The van der Waals surface area contributed by atoms with Crippen LogP contribution in [0.15, 0.2) is 12.2 Å². The molecule has 0 amide bonds. The molecule has 50 valence electrons. The fraction of sp³-hybridized carbons (Fsp3) is 0.750. The van der Waals surface area contributed by atoms with Gasteiger partial charge in [-0.25, -0.2) is 0 Å². The van der Waals surface area contributed by atoms with E-state index in [4.69, 9.17) is 11.6 Å². The minimum atomic E-state index is 0.323. The van der Waals surface area contributed by atoms with Crippen molar-refractivity contribution in [2.75, 3.05) is 0 Å². The van der Waals surface area contributed by atoms with Crippen molar-refractivity contribution in [3.8, 4) is 0 Å².